The molecule has 106 valence electrons. The van der Waals surface area contributed by atoms with Gasteiger partial charge in [-0.1, -0.05) is 0 Å². The molecule has 0 saturated carbocycles. The molecule has 6 nitrogen and oxygen atoms in total. The second-order valence-corrected chi connectivity index (χ2v) is 4.94. The van der Waals surface area contributed by atoms with Crippen molar-refractivity contribution in [1.29, 1.82) is 0 Å². The summed E-state index contributed by atoms with van der Waals surface area (Å²) in [4.78, 5) is 17.3. The monoisotopic (exact) mass is 275 g/mol. The molecule has 0 radical (unpaired) electrons. The van der Waals surface area contributed by atoms with E-state index in [4.69, 9.17) is 10.5 Å². The number of aliphatic hydroxyl groups is 1. The number of H-pyrrole nitrogens is 1. The number of nitrogens with one attached hydrogen (secondary N) is 1. The molecule has 3 rings (SSSR count). The normalized spacial score (nSPS) is 19.4. The molecule has 1 unspecified atom stereocenters. The molecule has 1 atom stereocenters. The number of fused-ring (bicyclic) bond motifs is 1. The van der Waals surface area contributed by atoms with Crippen molar-refractivity contribution >= 4 is 22.5 Å². The number of aromatic amines is 1. The van der Waals surface area contributed by atoms with Crippen LogP contribution in [0, 0.1) is 0 Å². The van der Waals surface area contributed by atoms with Crippen molar-refractivity contribution in [3.05, 3.63) is 30.0 Å². The first-order chi connectivity index (χ1) is 9.69. The quantitative estimate of drug-likeness (QED) is 0.699. The zero-order valence-corrected chi connectivity index (χ0v) is 11.0. The molecule has 1 fully saturated rings. The number of carbonyl (C=O) groups is 1. The van der Waals surface area contributed by atoms with Gasteiger partial charge in [-0.2, -0.15) is 0 Å². The van der Waals surface area contributed by atoms with Crippen molar-refractivity contribution in [3.63, 3.8) is 0 Å². The Balaban J connectivity index is 1.91. The van der Waals surface area contributed by atoms with Crippen molar-refractivity contribution < 1.29 is 14.6 Å². The van der Waals surface area contributed by atoms with Crippen LogP contribution in [-0.2, 0) is 4.74 Å². The lowest BCUT2D eigenvalue weighted by Crippen LogP contribution is -2.50. The molecule has 1 aromatic carbocycles. The van der Waals surface area contributed by atoms with E-state index in [-0.39, 0.29) is 18.6 Å². The summed E-state index contributed by atoms with van der Waals surface area (Å²) < 4.78 is 5.28. The zero-order valence-electron chi connectivity index (χ0n) is 11.0. The van der Waals surface area contributed by atoms with Gasteiger partial charge in [-0.25, -0.2) is 0 Å². The van der Waals surface area contributed by atoms with Crippen LogP contribution in [0.5, 0.6) is 0 Å². The molecule has 1 saturated heterocycles. The molecule has 4 N–H and O–H groups in total. The molecule has 1 aliphatic heterocycles. The fourth-order valence-corrected chi connectivity index (χ4v) is 2.49. The SMILES string of the molecule is Nc1ccc2[nH]c(C(=O)N3CCOCC3CO)cc2c1. The number of nitrogens with zero attached hydrogens (tertiary/aromatic N) is 1. The van der Waals surface area contributed by atoms with Gasteiger partial charge in [0.15, 0.2) is 0 Å². The third-order valence-corrected chi connectivity index (χ3v) is 3.57. The fraction of sp³-hybridized carbons (Fsp3) is 0.357. The minimum atomic E-state index is -0.285. The number of aromatic nitrogens is 1. The van der Waals surface area contributed by atoms with E-state index in [2.05, 4.69) is 4.98 Å². The molecule has 0 aliphatic carbocycles. The smallest absolute Gasteiger partial charge is 0.270 e. The molecule has 6 heteroatoms. The first kappa shape index (κ1) is 13.0. The van der Waals surface area contributed by atoms with E-state index < -0.39 is 0 Å². The number of morpholine rings is 1. The van der Waals surface area contributed by atoms with Crippen molar-refractivity contribution in [1.82, 2.24) is 9.88 Å². The van der Waals surface area contributed by atoms with E-state index in [0.717, 1.165) is 10.9 Å². The van der Waals surface area contributed by atoms with E-state index in [9.17, 15) is 9.90 Å². The Hall–Kier alpha value is -2.05. The second-order valence-electron chi connectivity index (χ2n) is 4.94. The second kappa shape index (κ2) is 5.15. The highest BCUT2D eigenvalue weighted by Crippen LogP contribution is 2.20. The Morgan fingerprint density at radius 1 is 1.50 bits per heavy atom. The minimum Gasteiger partial charge on any atom is -0.399 e. The standard InChI is InChI=1S/C14H17N3O3/c15-10-1-2-12-9(5-10)6-13(16-12)14(19)17-3-4-20-8-11(17)7-18/h1-2,5-6,11,16,18H,3-4,7-8,15H2. The molecule has 0 spiro atoms. The number of carbonyl (C=O) groups excluding carboxylic acids is 1. The van der Waals surface area contributed by atoms with Crippen LogP contribution >= 0.6 is 0 Å². The van der Waals surface area contributed by atoms with Gasteiger partial charge in [-0.15, -0.1) is 0 Å². The maximum atomic E-state index is 12.5. The van der Waals surface area contributed by atoms with Crippen molar-refractivity contribution in [2.45, 2.75) is 6.04 Å². The van der Waals surface area contributed by atoms with Gasteiger partial charge in [-0.3, -0.25) is 4.79 Å². The van der Waals surface area contributed by atoms with Gasteiger partial charge < -0.3 is 25.5 Å². The fourth-order valence-electron chi connectivity index (χ4n) is 2.49. The highest BCUT2D eigenvalue weighted by Gasteiger charge is 2.28. The maximum absolute atomic E-state index is 12.5. The number of rotatable bonds is 2. The lowest BCUT2D eigenvalue weighted by Gasteiger charge is -2.34. The number of anilines is 1. The number of nitrogens with two attached hydrogens (primary N) is 1. The van der Waals surface area contributed by atoms with Crippen LogP contribution < -0.4 is 5.73 Å². The van der Waals surface area contributed by atoms with E-state index in [1.54, 1.807) is 17.0 Å². The third kappa shape index (κ3) is 2.23. The number of ether oxygens (including phenoxy) is 1. The number of hydrogen-bond acceptors (Lipinski definition) is 4. The first-order valence-corrected chi connectivity index (χ1v) is 6.57. The van der Waals surface area contributed by atoms with Crippen LogP contribution in [0.4, 0.5) is 5.69 Å². The molecule has 20 heavy (non-hydrogen) atoms. The lowest BCUT2D eigenvalue weighted by atomic mass is 10.2. The van der Waals surface area contributed by atoms with Gasteiger partial charge in [0, 0.05) is 23.1 Å². The molecule has 2 aromatic rings. The van der Waals surface area contributed by atoms with Crippen molar-refractivity contribution in [2.24, 2.45) is 0 Å². The summed E-state index contributed by atoms with van der Waals surface area (Å²) >= 11 is 0. The highest BCUT2D eigenvalue weighted by atomic mass is 16.5. The predicted octanol–water partition coefficient (Wildman–Crippen LogP) is 0.583. The summed E-state index contributed by atoms with van der Waals surface area (Å²) in [7, 11) is 0. The van der Waals surface area contributed by atoms with Crippen LogP contribution in [-0.4, -0.2) is 53.3 Å². The Kier molecular flexibility index (Phi) is 3.33. The average Bonchev–Trinajstić information content (AvgIpc) is 2.89. The van der Waals surface area contributed by atoms with Gasteiger partial charge >= 0.3 is 0 Å². The topological polar surface area (TPSA) is 91.6 Å². The largest absolute Gasteiger partial charge is 0.399 e. The van der Waals surface area contributed by atoms with Gasteiger partial charge in [0.2, 0.25) is 0 Å². The Morgan fingerprint density at radius 2 is 2.35 bits per heavy atom. The van der Waals surface area contributed by atoms with Gasteiger partial charge in [0.1, 0.15) is 5.69 Å². The van der Waals surface area contributed by atoms with Crippen molar-refractivity contribution in [3.8, 4) is 0 Å². The summed E-state index contributed by atoms with van der Waals surface area (Å²) in [6, 6.07) is 6.97. The summed E-state index contributed by atoms with van der Waals surface area (Å²) in [5.74, 6) is -0.123. The number of benzene rings is 1. The van der Waals surface area contributed by atoms with E-state index in [0.29, 0.717) is 31.1 Å². The van der Waals surface area contributed by atoms with Crippen molar-refractivity contribution in [2.75, 3.05) is 32.1 Å². The molecule has 2 heterocycles. The average molecular weight is 275 g/mol. The van der Waals surface area contributed by atoms with Crippen LogP contribution in [0.1, 0.15) is 10.5 Å². The molecule has 1 amide bonds. The number of amides is 1. The number of aliphatic hydroxyl groups excluding tert-OH is 1. The van der Waals surface area contributed by atoms with E-state index >= 15 is 0 Å². The van der Waals surface area contributed by atoms with Crippen LogP contribution in [0.3, 0.4) is 0 Å². The highest BCUT2D eigenvalue weighted by molar-refractivity contribution is 5.98. The predicted molar refractivity (Wildman–Crippen MR) is 75.4 cm³/mol. The molecule has 1 aromatic heterocycles. The summed E-state index contributed by atoms with van der Waals surface area (Å²) in [5, 5.41) is 10.2. The Morgan fingerprint density at radius 3 is 3.15 bits per heavy atom. The van der Waals surface area contributed by atoms with Crippen LogP contribution in [0.15, 0.2) is 24.3 Å². The third-order valence-electron chi connectivity index (χ3n) is 3.57. The van der Waals surface area contributed by atoms with Gasteiger partial charge in [-0.05, 0) is 24.3 Å². The minimum absolute atomic E-state index is 0.0983. The van der Waals surface area contributed by atoms with Crippen LogP contribution in [0.25, 0.3) is 10.9 Å². The summed E-state index contributed by atoms with van der Waals surface area (Å²) in [6.45, 7) is 1.26. The molecule has 0 bridgehead atoms. The van der Waals surface area contributed by atoms with E-state index in [1.807, 2.05) is 12.1 Å². The molecular weight excluding hydrogens is 258 g/mol. The number of nitrogen functional groups attached to an aromatic ring is 1. The van der Waals surface area contributed by atoms with Gasteiger partial charge in [0.25, 0.3) is 5.91 Å². The maximum Gasteiger partial charge on any atom is 0.270 e. The zero-order chi connectivity index (χ0) is 14.1. The molecular formula is C14H17N3O3. The summed E-state index contributed by atoms with van der Waals surface area (Å²) in [5.41, 5.74) is 7.78. The Bertz CT molecular complexity index is 638. The van der Waals surface area contributed by atoms with E-state index in [1.165, 1.54) is 0 Å². The summed E-state index contributed by atoms with van der Waals surface area (Å²) in [6.07, 6.45) is 0. The lowest BCUT2D eigenvalue weighted by molar-refractivity contribution is -0.0186. The first-order valence-electron chi connectivity index (χ1n) is 6.57. The number of hydrogen-bond donors (Lipinski definition) is 3. The molecule has 1 aliphatic rings. The van der Waals surface area contributed by atoms with Gasteiger partial charge in [0.05, 0.1) is 25.9 Å². The Labute approximate surface area is 116 Å². The van der Waals surface area contributed by atoms with Crippen LogP contribution in [0.2, 0.25) is 0 Å².